The number of hydrogen-bond acceptors (Lipinski definition) is 3. The maximum atomic E-state index is 12.6. The van der Waals surface area contributed by atoms with Gasteiger partial charge in [0, 0.05) is 6.54 Å². The van der Waals surface area contributed by atoms with E-state index in [1.54, 1.807) is 6.07 Å². The summed E-state index contributed by atoms with van der Waals surface area (Å²) in [6.07, 6.45) is -4.80. The van der Waals surface area contributed by atoms with Gasteiger partial charge in [-0.3, -0.25) is 0 Å². The zero-order valence-corrected chi connectivity index (χ0v) is 11.9. The molecule has 0 aliphatic carbocycles. The van der Waals surface area contributed by atoms with Gasteiger partial charge in [0.15, 0.2) is 0 Å². The summed E-state index contributed by atoms with van der Waals surface area (Å²) in [4.78, 5) is 0. The second-order valence-electron chi connectivity index (χ2n) is 4.93. The molecule has 7 heteroatoms. The van der Waals surface area contributed by atoms with Crippen LogP contribution >= 0.6 is 0 Å². The van der Waals surface area contributed by atoms with Crippen molar-refractivity contribution in [1.29, 1.82) is 0 Å². The van der Waals surface area contributed by atoms with Gasteiger partial charge in [-0.05, 0) is 25.5 Å². The van der Waals surface area contributed by atoms with E-state index < -0.39 is 25.0 Å². The van der Waals surface area contributed by atoms with Crippen LogP contribution in [-0.4, -0.2) is 43.3 Å². The number of nitrogens with one attached hydrogen (secondary N) is 1. The molecule has 2 N–H and O–H groups in total. The summed E-state index contributed by atoms with van der Waals surface area (Å²) in [7, 11) is 0. The van der Waals surface area contributed by atoms with E-state index in [1.165, 1.54) is 0 Å². The highest BCUT2D eigenvalue weighted by Crippen LogP contribution is 2.21. The molecule has 0 saturated heterocycles. The number of alkyl halides is 4. The molecule has 21 heavy (non-hydrogen) atoms. The Kier molecular flexibility index (Phi) is 6.42. The lowest BCUT2D eigenvalue weighted by Crippen LogP contribution is -2.42. The molecule has 1 aromatic carbocycles. The molecule has 0 heterocycles. The fraction of sp³-hybridized carbons (Fsp3) is 0.571. The van der Waals surface area contributed by atoms with Crippen molar-refractivity contribution in [1.82, 2.24) is 5.32 Å². The molecule has 1 unspecified atom stereocenters. The summed E-state index contributed by atoms with van der Waals surface area (Å²) in [5.41, 5.74) is 1.95. The summed E-state index contributed by atoms with van der Waals surface area (Å²) < 4.78 is 54.4. The van der Waals surface area contributed by atoms with Gasteiger partial charge in [0.2, 0.25) is 0 Å². The van der Waals surface area contributed by atoms with Crippen LogP contribution in [0.4, 0.5) is 17.6 Å². The van der Waals surface area contributed by atoms with Crippen LogP contribution in [0.15, 0.2) is 18.2 Å². The maximum Gasteiger partial charge on any atom is 0.319 e. The zero-order valence-electron chi connectivity index (χ0n) is 11.9. The Bertz CT molecular complexity index is 455. The van der Waals surface area contributed by atoms with Crippen molar-refractivity contribution >= 4 is 0 Å². The Hall–Kier alpha value is -1.34. The number of hydrogen-bond donors (Lipinski definition) is 2. The lowest BCUT2D eigenvalue weighted by atomic mass is 10.1. The topological polar surface area (TPSA) is 41.5 Å². The van der Waals surface area contributed by atoms with Crippen molar-refractivity contribution in [2.45, 2.75) is 32.3 Å². The van der Waals surface area contributed by atoms with Crippen LogP contribution in [0.1, 0.15) is 11.1 Å². The van der Waals surface area contributed by atoms with Crippen LogP contribution < -0.4 is 10.1 Å². The quantitative estimate of drug-likeness (QED) is 0.725. The highest BCUT2D eigenvalue weighted by molar-refractivity contribution is 5.35. The Morgan fingerprint density at radius 3 is 2.52 bits per heavy atom. The number of rotatable bonds is 8. The predicted molar refractivity (Wildman–Crippen MR) is 71.2 cm³/mol. The van der Waals surface area contributed by atoms with Gasteiger partial charge in [-0.1, -0.05) is 17.7 Å². The highest BCUT2D eigenvalue weighted by Gasteiger charge is 2.40. The average molecular weight is 309 g/mol. The van der Waals surface area contributed by atoms with Crippen molar-refractivity contribution in [2.24, 2.45) is 0 Å². The Labute approximate surface area is 120 Å². The fourth-order valence-electron chi connectivity index (χ4n) is 1.69. The summed E-state index contributed by atoms with van der Waals surface area (Å²) in [6.45, 7) is 2.21. The summed E-state index contributed by atoms with van der Waals surface area (Å²) in [6, 6.07) is 5.50. The molecule has 1 atom stereocenters. The second kappa shape index (κ2) is 7.61. The molecular formula is C14H19F4NO2. The molecule has 0 aliphatic heterocycles. The van der Waals surface area contributed by atoms with Gasteiger partial charge in [0.05, 0.1) is 6.54 Å². The highest BCUT2D eigenvalue weighted by atomic mass is 19.3. The smallest absolute Gasteiger partial charge is 0.319 e. The van der Waals surface area contributed by atoms with E-state index >= 15 is 0 Å². The van der Waals surface area contributed by atoms with Crippen molar-refractivity contribution in [3.05, 3.63) is 29.3 Å². The minimum absolute atomic E-state index is 0.114. The zero-order chi connectivity index (χ0) is 16.0. The minimum Gasteiger partial charge on any atom is -0.491 e. The third-order valence-electron chi connectivity index (χ3n) is 2.82. The number of aliphatic hydroxyl groups excluding tert-OH is 1. The van der Waals surface area contributed by atoms with E-state index in [4.69, 9.17) is 4.74 Å². The van der Waals surface area contributed by atoms with Crippen molar-refractivity contribution in [3.8, 4) is 5.75 Å². The first-order chi connectivity index (χ1) is 9.72. The third kappa shape index (κ3) is 5.89. The van der Waals surface area contributed by atoms with Crippen LogP contribution in [0.5, 0.6) is 5.75 Å². The summed E-state index contributed by atoms with van der Waals surface area (Å²) >= 11 is 0. The average Bonchev–Trinajstić information content (AvgIpc) is 2.37. The first-order valence-electron chi connectivity index (χ1n) is 6.47. The normalized spacial score (nSPS) is 13.5. The standard InChI is InChI=1S/C14H19F4NO2/c1-9-3-4-12(10(2)5-9)21-7-11(20)6-19-8-14(17,18)13(15)16/h3-5,11,13,19-20H,6-8H2,1-2H3. The van der Waals surface area contributed by atoms with Crippen LogP contribution in [0.2, 0.25) is 0 Å². The predicted octanol–water partition coefficient (Wildman–Crippen LogP) is 2.53. The monoisotopic (exact) mass is 309 g/mol. The molecule has 0 saturated carbocycles. The molecule has 0 bridgehead atoms. The number of aliphatic hydroxyl groups is 1. The van der Waals surface area contributed by atoms with Gasteiger partial charge in [-0.15, -0.1) is 0 Å². The number of benzene rings is 1. The van der Waals surface area contributed by atoms with E-state index in [-0.39, 0.29) is 13.2 Å². The van der Waals surface area contributed by atoms with Gasteiger partial charge in [0.1, 0.15) is 18.5 Å². The fourth-order valence-corrected chi connectivity index (χ4v) is 1.69. The first-order valence-corrected chi connectivity index (χ1v) is 6.47. The van der Waals surface area contributed by atoms with Gasteiger partial charge in [0.25, 0.3) is 0 Å². The second-order valence-corrected chi connectivity index (χ2v) is 4.93. The van der Waals surface area contributed by atoms with Crippen LogP contribution in [0.3, 0.4) is 0 Å². The lowest BCUT2D eigenvalue weighted by Gasteiger charge is -2.18. The molecular weight excluding hydrogens is 290 g/mol. The molecule has 0 spiro atoms. The van der Waals surface area contributed by atoms with Gasteiger partial charge < -0.3 is 15.2 Å². The molecule has 0 fully saturated rings. The molecule has 0 aliphatic rings. The van der Waals surface area contributed by atoms with Crippen LogP contribution in [0.25, 0.3) is 0 Å². The van der Waals surface area contributed by atoms with E-state index in [1.807, 2.05) is 26.0 Å². The Morgan fingerprint density at radius 1 is 1.29 bits per heavy atom. The molecule has 1 aromatic rings. The summed E-state index contributed by atoms with van der Waals surface area (Å²) in [5.74, 6) is -3.52. The van der Waals surface area contributed by atoms with Crippen LogP contribution in [-0.2, 0) is 0 Å². The van der Waals surface area contributed by atoms with Crippen molar-refractivity contribution < 1.29 is 27.4 Å². The number of aryl methyl sites for hydroxylation is 2. The lowest BCUT2D eigenvalue weighted by molar-refractivity contribution is -0.125. The van der Waals surface area contributed by atoms with E-state index in [0.717, 1.165) is 11.1 Å². The first kappa shape index (κ1) is 17.7. The number of halogens is 4. The maximum absolute atomic E-state index is 12.6. The van der Waals surface area contributed by atoms with Gasteiger partial charge in [-0.25, -0.2) is 8.78 Å². The van der Waals surface area contributed by atoms with E-state index in [2.05, 4.69) is 5.32 Å². The Balaban J connectivity index is 2.33. The van der Waals surface area contributed by atoms with Crippen molar-refractivity contribution in [2.75, 3.05) is 19.7 Å². The third-order valence-corrected chi connectivity index (χ3v) is 2.82. The van der Waals surface area contributed by atoms with Crippen LogP contribution in [0, 0.1) is 13.8 Å². The molecule has 0 radical (unpaired) electrons. The van der Waals surface area contributed by atoms with Gasteiger partial charge >= 0.3 is 12.3 Å². The number of ether oxygens (including phenoxy) is 1. The van der Waals surface area contributed by atoms with Crippen molar-refractivity contribution in [3.63, 3.8) is 0 Å². The van der Waals surface area contributed by atoms with E-state index in [9.17, 15) is 22.7 Å². The molecule has 0 amide bonds. The molecule has 0 aromatic heterocycles. The molecule has 120 valence electrons. The van der Waals surface area contributed by atoms with E-state index in [0.29, 0.717) is 5.75 Å². The largest absolute Gasteiger partial charge is 0.491 e. The minimum atomic E-state index is -4.10. The molecule has 3 nitrogen and oxygen atoms in total. The SMILES string of the molecule is Cc1ccc(OCC(O)CNCC(F)(F)C(F)F)c(C)c1. The molecule has 1 rings (SSSR count). The van der Waals surface area contributed by atoms with Gasteiger partial charge in [-0.2, -0.15) is 8.78 Å². The summed E-state index contributed by atoms with van der Waals surface area (Å²) in [5, 5.41) is 11.7. The Morgan fingerprint density at radius 2 is 1.95 bits per heavy atom.